The van der Waals surface area contributed by atoms with Crippen LogP contribution >= 0.6 is 0 Å². The van der Waals surface area contributed by atoms with Crippen molar-refractivity contribution in [1.29, 1.82) is 0 Å². The van der Waals surface area contributed by atoms with Crippen molar-refractivity contribution in [2.24, 2.45) is 5.41 Å². The van der Waals surface area contributed by atoms with Gasteiger partial charge in [0.05, 0.1) is 13.1 Å². The van der Waals surface area contributed by atoms with E-state index < -0.39 is 15.3 Å². The summed E-state index contributed by atoms with van der Waals surface area (Å²) in [5.41, 5.74) is 0.954. The van der Waals surface area contributed by atoms with Crippen molar-refractivity contribution in [1.82, 2.24) is 4.90 Å². The number of fused-ring (bicyclic) bond motifs is 2. The number of benzene rings is 1. The second-order valence-electron chi connectivity index (χ2n) is 9.93. The van der Waals surface area contributed by atoms with Crippen molar-refractivity contribution in [2.45, 2.75) is 62.4 Å². The van der Waals surface area contributed by atoms with Gasteiger partial charge in [0.2, 0.25) is 5.91 Å². The van der Waals surface area contributed by atoms with Gasteiger partial charge in [-0.15, -0.1) is 0 Å². The van der Waals surface area contributed by atoms with Crippen LogP contribution < -0.4 is 0 Å². The molecule has 2 atom stereocenters. The Morgan fingerprint density at radius 2 is 1.44 bits per heavy atom. The maximum atomic E-state index is 12.8. The average molecular weight is 411 g/mol. The molecular formula is C21H32NO3S2+. The zero-order valence-corrected chi connectivity index (χ0v) is 18.9. The van der Waals surface area contributed by atoms with Gasteiger partial charge < -0.3 is 4.90 Å². The van der Waals surface area contributed by atoms with Gasteiger partial charge in [0.15, 0.2) is 25.2 Å². The highest BCUT2D eigenvalue weighted by Gasteiger charge is 2.55. The Labute approximate surface area is 167 Å². The second kappa shape index (κ2) is 6.80. The first kappa shape index (κ1) is 20.7. The Bertz CT molecular complexity index is 794. The first-order valence-electron chi connectivity index (χ1n) is 9.60. The molecule has 1 aromatic rings. The molecule has 2 saturated heterocycles. The molecule has 3 rings (SSSR count). The van der Waals surface area contributed by atoms with Crippen LogP contribution in [0, 0.1) is 5.41 Å². The third-order valence-corrected chi connectivity index (χ3v) is 10.5. The number of hydrogen-bond acceptors (Lipinski definition) is 3. The van der Waals surface area contributed by atoms with E-state index >= 15 is 0 Å². The largest absolute Gasteiger partial charge is 0.332 e. The van der Waals surface area contributed by atoms with Gasteiger partial charge in [0.1, 0.15) is 11.5 Å². The molecule has 2 bridgehead atoms. The van der Waals surface area contributed by atoms with E-state index in [-0.39, 0.29) is 44.2 Å². The molecule has 2 aliphatic heterocycles. The summed E-state index contributed by atoms with van der Waals surface area (Å²) < 4.78 is 24.8. The summed E-state index contributed by atoms with van der Waals surface area (Å²) in [6, 6.07) is 8.73. The lowest BCUT2D eigenvalue weighted by molar-refractivity contribution is -0.139. The summed E-state index contributed by atoms with van der Waals surface area (Å²) in [4.78, 5) is 15.9. The summed E-state index contributed by atoms with van der Waals surface area (Å²) in [7, 11) is -3.15. The van der Waals surface area contributed by atoms with Gasteiger partial charge in [-0.1, -0.05) is 53.7 Å². The first-order chi connectivity index (χ1) is 12.3. The van der Waals surface area contributed by atoms with Crippen LogP contribution in [0.3, 0.4) is 0 Å². The molecule has 6 heteroatoms. The third kappa shape index (κ3) is 4.37. The molecule has 0 aromatic heterocycles. The number of carbonyl (C=O) groups excluding carboxylic acids is 1. The number of carbonyl (C=O) groups is 1. The van der Waals surface area contributed by atoms with Gasteiger partial charge in [-0.2, -0.15) is 0 Å². The van der Waals surface area contributed by atoms with E-state index in [1.165, 1.54) is 10.5 Å². The molecule has 0 N–H and O–H groups in total. The van der Waals surface area contributed by atoms with Gasteiger partial charge in [0.25, 0.3) is 0 Å². The van der Waals surface area contributed by atoms with Crippen molar-refractivity contribution in [3.05, 3.63) is 29.8 Å². The molecule has 150 valence electrons. The van der Waals surface area contributed by atoms with Crippen LogP contribution in [0.15, 0.2) is 29.2 Å². The zero-order chi connectivity index (χ0) is 20.2. The molecule has 4 nitrogen and oxygen atoms in total. The van der Waals surface area contributed by atoms with E-state index in [1.54, 1.807) is 0 Å². The monoisotopic (exact) mass is 410 g/mol. The number of nitrogens with zero attached hydrogens (tertiary/aromatic N) is 1. The molecule has 1 amide bonds. The molecule has 2 unspecified atom stereocenters. The van der Waals surface area contributed by atoms with Crippen LogP contribution in [-0.2, 0) is 30.9 Å². The number of amides is 1. The highest BCUT2D eigenvalue weighted by atomic mass is 32.2. The molecule has 2 heterocycles. The predicted octanol–water partition coefficient (Wildman–Crippen LogP) is 3.02. The van der Waals surface area contributed by atoms with Crippen LogP contribution in [0.2, 0.25) is 0 Å². The highest BCUT2D eigenvalue weighted by Crippen LogP contribution is 2.36. The lowest BCUT2D eigenvalue weighted by atomic mass is 9.87. The number of rotatable bonds is 1. The van der Waals surface area contributed by atoms with E-state index in [0.717, 1.165) is 0 Å². The molecule has 2 fully saturated rings. The Balaban J connectivity index is 1.90. The topological polar surface area (TPSA) is 54.5 Å². The van der Waals surface area contributed by atoms with Crippen LogP contribution in [-0.4, -0.2) is 54.3 Å². The fourth-order valence-electron chi connectivity index (χ4n) is 4.02. The van der Waals surface area contributed by atoms with Gasteiger partial charge in [-0.25, -0.2) is 8.42 Å². The van der Waals surface area contributed by atoms with Crippen molar-refractivity contribution in [3.63, 3.8) is 0 Å². The predicted molar refractivity (Wildman–Crippen MR) is 113 cm³/mol. The van der Waals surface area contributed by atoms with Crippen molar-refractivity contribution in [2.75, 3.05) is 24.6 Å². The Hall–Kier alpha value is -1.01. The highest BCUT2D eigenvalue weighted by molar-refractivity contribution is 8.02. The van der Waals surface area contributed by atoms with Crippen molar-refractivity contribution < 1.29 is 13.2 Å². The molecular weight excluding hydrogens is 378 g/mol. The molecule has 0 saturated carbocycles. The Morgan fingerprint density at radius 1 is 0.963 bits per heavy atom. The summed E-state index contributed by atoms with van der Waals surface area (Å²) in [5, 5.41) is 0.0172. The standard InChI is InChI=1S/C21H32NO3S2/c1-20(2,3)15-7-9-16(10-8-15)26-17-11-22(19(23)21(4,5)6)12-18(26)14-27(24,25)13-17/h7-10,17-18H,11-14H2,1-6H3/q+1. The maximum absolute atomic E-state index is 12.8. The van der Waals surface area contributed by atoms with Crippen LogP contribution in [0.25, 0.3) is 0 Å². The molecule has 0 aliphatic carbocycles. The summed E-state index contributed by atoms with van der Waals surface area (Å²) in [6.45, 7) is 13.5. The Morgan fingerprint density at radius 3 is 1.85 bits per heavy atom. The molecule has 27 heavy (non-hydrogen) atoms. The normalized spacial score (nSPS) is 28.1. The summed E-state index contributed by atoms with van der Waals surface area (Å²) in [5.74, 6) is 0.520. The van der Waals surface area contributed by atoms with Gasteiger partial charge in [0, 0.05) is 16.3 Å². The third-order valence-electron chi connectivity index (χ3n) is 5.37. The molecule has 1 aromatic carbocycles. The number of sulfone groups is 1. The molecule has 2 aliphatic rings. The van der Waals surface area contributed by atoms with Gasteiger partial charge in [-0.05, 0) is 23.1 Å². The van der Waals surface area contributed by atoms with Gasteiger partial charge in [-0.3, -0.25) is 4.79 Å². The van der Waals surface area contributed by atoms with E-state index in [2.05, 4.69) is 45.0 Å². The fourth-order valence-corrected chi connectivity index (χ4v) is 10.4. The molecule has 0 spiro atoms. The average Bonchev–Trinajstić information content (AvgIpc) is 2.50. The summed E-state index contributed by atoms with van der Waals surface area (Å²) >= 11 is 0. The van der Waals surface area contributed by atoms with E-state index in [4.69, 9.17) is 0 Å². The minimum absolute atomic E-state index is 0.00860. The van der Waals surface area contributed by atoms with Crippen LogP contribution in [0.1, 0.15) is 47.1 Å². The first-order valence-corrected chi connectivity index (χ1v) is 12.8. The summed E-state index contributed by atoms with van der Waals surface area (Å²) in [6.07, 6.45) is 0. The number of hydrogen-bond donors (Lipinski definition) is 0. The Kier molecular flexibility index (Phi) is 5.22. The zero-order valence-electron chi connectivity index (χ0n) is 17.3. The van der Waals surface area contributed by atoms with E-state index in [0.29, 0.717) is 13.1 Å². The SMILES string of the molecule is CC(C)(C)C(=O)N1CC2CS(=O)(=O)CC(C1)[S+]2c1ccc(C(C)(C)C)cc1. The lowest BCUT2D eigenvalue weighted by Crippen LogP contribution is -2.62. The molecule has 0 radical (unpaired) electrons. The smallest absolute Gasteiger partial charge is 0.228 e. The van der Waals surface area contributed by atoms with Crippen molar-refractivity contribution >= 4 is 26.6 Å². The second-order valence-corrected chi connectivity index (χ2v) is 14.6. The van der Waals surface area contributed by atoms with Crippen LogP contribution in [0.4, 0.5) is 0 Å². The van der Waals surface area contributed by atoms with Crippen LogP contribution in [0.5, 0.6) is 0 Å². The van der Waals surface area contributed by atoms with E-state index in [1.807, 2.05) is 25.7 Å². The fraction of sp³-hybridized carbons (Fsp3) is 0.667. The minimum Gasteiger partial charge on any atom is -0.332 e. The maximum Gasteiger partial charge on any atom is 0.228 e. The minimum atomic E-state index is -3.03. The quantitative estimate of drug-likeness (QED) is 0.669. The van der Waals surface area contributed by atoms with Crippen molar-refractivity contribution in [3.8, 4) is 0 Å². The van der Waals surface area contributed by atoms with E-state index in [9.17, 15) is 13.2 Å². The van der Waals surface area contributed by atoms with Gasteiger partial charge >= 0.3 is 0 Å². The lowest BCUT2D eigenvalue weighted by Gasteiger charge is -2.42.